The van der Waals surface area contributed by atoms with Crippen LogP contribution in [-0.4, -0.2) is 27.6 Å². The van der Waals surface area contributed by atoms with Crippen molar-refractivity contribution in [1.82, 2.24) is 14.5 Å². The number of carbonyl (C=O) groups excluding carboxylic acids is 1. The number of esters is 1. The molecule has 0 atom stereocenters. The second kappa shape index (κ2) is 8.34. The molecule has 2 rings (SSSR count). The standard InChI is InChI=1S/C17H24BrN3O2/c1-4-6-8-12-16(17(22)23-3)21(14(19-12)9-7-5-2)15-11-10-13(18)20-15/h10-11,20H,4-9H2,1-3H3. The van der Waals surface area contributed by atoms with E-state index in [2.05, 4.69) is 34.8 Å². The van der Waals surface area contributed by atoms with Crippen molar-refractivity contribution < 1.29 is 9.53 Å². The highest BCUT2D eigenvalue weighted by Gasteiger charge is 2.24. The van der Waals surface area contributed by atoms with Crippen LogP contribution in [0.1, 0.15) is 61.5 Å². The number of hydrogen-bond acceptors (Lipinski definition) is 3. The summed E-state index contributed by atoms with van der Waals surface area (Å²) in [5, 5.41) is 0. The molecular weight excluding hydrogens is 358 g/mol. The average molecular weight is 382 g/mol. The lowest BCUT2D eigenvalue weighted by molar-refractivity contribution is 0.0589. The van der Waals surface area contributed by atoms with Crippen molar-refractivity contribution >= 4 is 21.9 Å². The molecule has 0 radical (unpaired) electrons. The van der Waals surface area contributed by atoms with Gasteiger partial charge in [-0.2, -0.15) is 0 Å². The summed E-state index contributed by atoms with van der Waals surface area (Å²) in [6.45, 7) is 4.28. The van der Waals surface area contributed by atoms with Gasteiger partial charge in [-0.15, -0.1) is 0 Å². The number of nitrogens with zero attached hydrogens (tertiary/aromatic N) is 2. The highest BCUT2D eigenvalue weighted by atomic mass is 79.9. The predicted molar refractivity (Wildman–Crippen MR) is 94.2 cm³/mol. The van der Waals surface area contributed by atoms with Crippen LogP contribution in [0, 0.1) is 0 Å². The summed E-state index contributed by atoms with van der Waals surface area (Å²) in [7, 11) is 1.42. The van der Waals surface area contributed by atoms with Crippen LogP contribution in [0.4, 0.5) is 0 Å². The van der Waals surface area contributed by atoms with Gasteiger partial charge in [-0.1, -0.05) is 26.7 Å². The van der Waals surface area contributed by atoms with Gasteiger partial charge in [0.15, 0.2) is 5.69 Å². The first-order valence-electron chi connectivity index (χ1n) is 8.16. The number of nitrogens with one attached hydrogen (secondary N) is 1. The molecule has 0 aliphatic heterocycles. The summed E-state index contributed by atoms with van der Waals surface area (Å²) in [6.07, 6.45) is 5.80. The fraction of sp³-hybridized carbons (Fsp3) is 0.529. The van der Waals surface area contributed by atoms with Crippen molar-refractivity contribution in [1.29, 1.82) is 0 Å². The number of aromatic nitrogens is 3. The molecular formula is C17H24BrN3O2. The highest BCUT2D eigenvalue weighted by Crippen LogP contribution is 2.23. The van der Waals surface area contributed by atoms with Gasteiger partial charge >= 0.3 is 5.97 Å². The molecule has 0 saturated heterocycles. The monoisotopic (exact) mass is 381 g/mol. The first kappa shape index (κ1) is 17.8. The third-order valence-corrected chi connectivity index (χ3v) is 4.26. The van der Waals surface area contributed by atoms with Crippen molar-refractivity contribution in [2.45, 2.75) is 52.4 Å². The van der Waals surface area contributed by atoms with Crippen LogP contribution in [0.2, 0.25) is 0 Å². The number of unbranched alkanes of at least 4 members (excludes halogenated alkanes) is 2. The number of rotatable bonds is 8. The van der Waals surface area contributed by atoms with Gasteiger partial charge in [0, 0.05) is 6.42 Å². The zero-order valence-corrected chi connectivity index (χ0v) is 15.6. The van der Waals surface area contributed by atoms with E-state index in [4.69, 9.17) is 9.72 Å². The third kappa shape index (κ3) is 4.05. The van der Waals surface area contributed by atoms with Gasteiger partial charge in [-0.25, -0.2) is 9.78 Å². The third-order valence-electron chi connectivity index (χ3n) is 3.79. The molecule has 2 heterocycles. The molecule has 0 bridgehead atoms. The normalized spacial score (nSPS) is 11.0. The summed E-state index contributed by atoms with van der Waals surface area (Å²) in [6, 6.07) is 3.86. The summed E-state index contributed by atoms with van der Waals surface area (Å²) in [5.41, 5.74) is 1.37. The molecule has 0 unspecified atom stereocenters. The van der Waals surface area contributed by atoms with E-state index in [0.29, 0.717) is 5.69 Å². The van der Waals surface area contributed by atoms with Crippen LogP contribution >= 0.6 is 15.9 Å². The molecule has 0 aromatic carbocycles. The van der Waals surface area contributed by atoms with E-state index in [1.54, 1.807) is 0 Å². The van der Waals surface area contributed by atoms with E-state index in [1.807, 2.05) is 16.7 Å². The Morgan fingerprint density at radius 2 is 1.96 bits per heavy atom. The fourth-order valence-electron chi connectivity index (χ4n) is 2.59. The summed E-state index contributed by atoms with van der Waals surface area (Å²) < 4.78 is 7.80. The van der Waals surface area contributed by atoms with Crippen molar-refractivity contribution in [3.05, 3.63) is 33.9 Å². The second-order valence-electron chi connectivity index (χ2n) is 5.55. The number of H-pyrrole nitrogens is 1. The van der Waals surface area contributed by atoms with E-state index < -0.39 is 0 Å². The van der Waals surface area contributed by atoms with E-state index in [1.165, 1.54) is 7.11 Å². The maximum absolute atomic E-state index is 12.4. The number of aromatic amines is 1. The molecule has 0 spiro atoms. The molecule has 2 aromatic heterocycles. The SMILES string of the molecule is CCCCc1nc(CCCC)n(-c2ccc(Br)[nH]2)c1C(=O)OC. The molecule has 6 heteroatoms. The van der Waals surface area contributed by atoms with Crippen molar-refractivity contribution in [2.75, 3.05) is 7.11 Å². The van der Waals surface area contributed by atoms with Crippen molar-refractivity contribution in [3.63, 3.8) is 0 Å². The lowest BCUT2D eigenvalue weighted by atomic mass is 10.1. The van der Waals surface area contributed by atoms with Crippen LogP contribution in [0.3, 0.4) is 0 Å². The molecule has 1 N–H and O–H groups in total. The second-order valence-corrected chi connectivity index (χ2v) is 6.40. The van der Waals surface area contributed by atoms with Gasteiger partial charge in [0.2, 0.25) is 0 Å². The minimum absolute atomic E-state index is 0.336. The maximum Gasteiger partial charge on any atom is 0.357 e. The molecule has 5 nitrogen and oxygen atoms in total. The zero-order valence-electron chi connectivity index (χ0n) is 14.0. The molecule has 0 amide bonds. The number of ether oxygens (including phenoxy) is 1. The molecule has 0 aliphatic carbocycles. The molecule has 0 aliphatic rings. The molecule has 23 heavy (non-hydrogen) atoms. The summed E-state index contributed by atoms with van der Waals surface area (Å²) in [4.78, 5) is 20.4. The van der Waals surface area contributed by atoms with Crippen LogP contribution in [0.5, 0.6) is 0 Å². The quantitative estimate of drug-likeness (QED) is 0.687. The number of halogens is 1. The van der Waals surface area contributed by atoms with Gasteiger partial charge in [0.05, 0.1) is 17.4 Å². The Kier molecular flexibility index (Phi) is 6.45. The van der Waals surface area contributed by atoms with Gasteiger partial charge in [-0.3, -0.25) is 4.57 Å². The van der Waals surface area contributed by atoms with Crippen molar-refractivity contribution in [3.8, 4) is 5.82 Å². The fourth-order valence-corrected chi connectivity index (χ4v) is 2.93. The summed E-state index contributed by atoms with van der Waals surface area (Å²) >= 11 is 3.43. The predicted octanol–water partition coefficient (Wildman–Crippen LogP) is 4.43. The van der Waals surface area contributed by atoms with Gasteiger partial charge in [0.25, 0.3) is 0 Å². The number of carbonyl (C=O) groups is 1. The molecule has 0 fully saturated rings. The van der Waals surface area contributed by atoms with Crippen LogP contribution < -0.4 is 0 Å². The Labute approximate surface area is 145 Å². The molecule has 0 saturated carbocycles. The van der Waals surface area contributed by atoms with Gasteiger partial charge < -0.3 is 9.72 Å². The van der Waals surface area contributed by atoms with E-state index in [9.17, 15) is 4.79 Å². The zero-order chi connectivity index (χ0) is 16.8. The number of hydrogen-bond donors (Lipinski definition) is 1. The van der Waals surface area contributed by atoms with Crippen LogP contribution in [0.15, 0.2) is 16.7 Å². The van der Waals surface area contributed by atoms with Crippen LogP contribution in [-0.2, 0) is 17.6 Å². The van der Waals surface area contributed by atoms with E-state index in [-0.39, 0.29) is 5.97 Å². The minimum atomic E-state index is -0.336. The number of methoxy groups -OCH3 is 1. The van der Waals surface area contributed by atoms with Gasteiger partial charge in [0.1, 0.15) is 11.6 Å². The first-order chi connectivity index (χ1) is 11.1. The maximum atomic E-state index is 12.4. The van der Waals surface area contributed by atoms with Crippen LogP contribution in [0.25, 0.3) is 5.82 Å². The Morgan fingerprint density at radius 1 is 1.26 bits per heavy atom. The Morgan fingerprint density at radius 3 is 2.52 bits per heavy atom. The Balaban J connectivity index is 2.56. The number of imidazole rings is 1. The average Bonchev–Trinajstić information content (AvgIpc) is 3.13. The Bertz CT molecular complexity index is 661. The van der Waals surface area contributed by atoms with Crippen molar-refractivity contribution in [2.24, 2.45) is 0 Å². The molecule has 2 aromatic rings. The lowest BCUT2D eigenvalue weighted by Crippen LogP contribution is -2.13. The topological polar surface area (TPSA) is 59.9 Å². The Hall–Kier alpha value is -1.56. The highest BCUT2D eigenvalue weighted by molar-refractivity contribution is 9.10. The van der Waals surface area contributed by atoms with Gasteiger partial charge in [-0.05, 0) is 47.3 Å². The summed E-state index contributed by atoms with van der Waals surface area (Å²) in [5.74, 6) is 1.41. The molecule has 126 valence electrons. The first-order valence-corrected chi connectivity index (χ1v) is 8.95. The van der Waals surface area contributed by atoms with E-state index >= 15 is 0 Å². The van der Waals surface area contributed by atoms with E-state index in [0.717, 1.165) is 60.5 Å². The number of aryl methyl sites for hydroxylation is 2. The lowest BCUT2D eigenvalue weighted by Gasteiger charge is -2.09. The smallest absolute Gasteiger partial charge is 0.357 e. The minimum Gasteiger partial charge on any atom is -0.464 e. The largest absolute Gasteiger partial charge is 0.464 e.